The predicted molar refractivity (Wildman–Crippen MR) is 101 cm³/mol. The molecule has 1 aromatic carbocycles. The maximum absolute atomic E-state index is 12.4. The molecule has 2 aliphatic rings. The molecule has 0 saturated carbocycles. The third-order valence-electron chi connectivity index (χ3n) is 5.08. The van der Waals surface area contributed by atoms with Gasteiger partial charge in [0.2, 0.25) is 12.7 Å². The fourth-order valence-corrected chi connectivity index (χ4v) is 4.22. The molecule has 4 rings (SSSR count). The molecular weight excluding hydrogens is 364 g/mol. The first kappa shape index (κ1) is 18.0. The van der Waals surface area contributed by atoms with Crippen molar-refractivity contribution in [2.45, 2.75) is 19.4 Å². The summed E-state index contributed by atoms with van der Waals surface area (Å²) in [6.07, 6.45) is 0.595. The van der Waals surface area contributed by atoms with Crippen LogP contribution < -0.4 is 14.4 Å². The number of ether oxygens (including phenoxy) is 2. The highest BCUT2D eigenvalue weighted by Crippen LogP contribution is 2.32. The largest absolute Gasteiger partial charge is 0.454 e. The Bertz CT molecular complexity index is 813. The lowest BCUT2D eigenvalue weighted by molar-refractivity contribution is -0.917. The van der Waals surface area contributed by atoms with Crippen molar-refractivity contribution >= 4 is 23.0 Å². The van der Waals surface area contributed by atoms with Crippen LogP contribution in [0.3, 0.4) is 0 Å². The second-order valence-electron chi connectivity index (χ2n) is 6.90. The van der Waals surface area contributed by atoms with E-state index in [-0.39, 0.29) is 11.7 Å². The van der Waals surface area contributed by atoms with E-state index in [1.165, 1.54) is 21.8 Å². The number of thiophene rings is 1. The van der Waals surface area contributed by atoms with Crippen LogP contribution in [-0.4, -0.2) is 49.6 Å². The fourth-order valence-electron chi connectivity index (χ4n) is 3.53. The highest BCUT2D eigenvalue weighted by Gasteiger charge is 2.25. The maximum Gasteiger partial charge on any atom is 0.231 e. The van der Waals surface area contributed by atoms with Gasteiger partial charge in [-0.3, -0.25) is 9.59 Å². The molecule has 142 valence electrons. The molecule has 27 heavy (non-hydrogen) atoms. The second kappa shape index (κ2) is 8.10. The molecule has 1 aromatic heterocycles. The van der Waals surface area contributed by atoms with Gasteiger partial charge in [0.1, 0.15) is 6.54 Å². The molecule has 2 aliphatic heterocycles. The van der Waals surface area contributed by atoms with Crippen molar-refractivity contribution < 1.29 is 24.0 Å². The van der Waals surface area contributed by atoms with E-state index in [1.807, 2.05) is 34.5 Å². The van der Waals surface area contributed by atoms with Gasteiger partial charge >= 0.3 is 0 Å². The summed E-state index contributed by atoms with van der Waals surface area (Å²) in [6.45, 7) is 4.52. The predicted octanol–water partition coefficient (Wildman–Crippen LogP) is 1.37. The molecule has 2 aromatic rings. The first-order valence-corrected chi connectivity index (χ1v) is 10.1. The maximum atomic E-state index is 12.4. The number of ketones is 1. The normalized spacial score (nSPS) is 16.5. The average molecular weight is 387 g/mol. The lowest BCUT2D eigenvalue weighted by atomic mass is 10.1. The highest BCUT2D eigenvalue weighted by molar-refractivity contribution is 7.12. The van der Waals surface area contributed by atoms with Crippen molar-refractivity contribution in [2.75, 3.05) is 33.0 Å². The number of hydrogen-bond acceptors (Lipinski definition) is 5. The number of hydrogen-bond donors (Lipinski definition) is 1. The smallest absolute Gasteiger partial charge is 0.231 e. The monoisotopic (exact) mass is 387 g/mol. The second-order valence-corrected chi connectivity index (χ2v) is 7.84. The number of carbonyl (C=O) groups is 2. The van der Waals surface area contributed by atoms with Crippen LogP contribution in [0.5, 0.6) is 11.5 Å². The molecule has 1 fully saturated rings. The summed E-state index contributed by atoms with van der Waals surface area (Å²) in [5, 5.41) is 1.89. The third-order valence-corrected chi connectivity index (χ3v) is 5.99. The van der Waals surface area contributed by atoms with Crippen LogP contribution >= 0.6 is 11.3 Å². The number of carbonyl (C=O) groups excluding carboxylic acids is 2. The summed E-state index contributed by atoms with van der Waals surface area (Å²) >= 11 is 1.43. The van der Waals surface area contributed by atoms with Gasteiger partial charge < -0.3 is 19.3 Å². The SMILES string of the molecule is O=C(CCC(=O)N1CC[NH+](Cc2ccc3c(c2)OCO3)CC1)c1cccs1. The number of nitrogens with zero attached hydrogens (tertiary/aromatic N) is 1. The van der Waals surface area contributed by atoms with E-state index in [1.54, 1.807) is 0 Å². The van der Waals surface area contributed by atoms with E-state index >= 15 is 0 Å². The van der Waals surface area contributed by atoms with E-state index in [4.69, 9.17) is 9.47 Å². The molecule has 0 unspecified atom stereocenters. The zero-order chi connectivity index (χ0) is 18.6. The Kier molecular flexibility index (Phi) is 5.40. The Labute approximate surface area is 162 Å². The van der Waals surface area contributed by atoms with Crippen LogP contribution in [0, 0.1) is 0 Å². The molecule has 3 heterocycles. The quantitative estimate of drug-likeness (QED) is 0.761. The molecule has 6 nitrogen and oxygen atoms in total. The summed E-state index contributed by atoms with van der Waals surface area (Å²) in [7, 11) is 0. The summed E-state index contributed by atoms with van der Waals surface area (Å²) < 4.78 is 10.8. The van der Waals surface area contributed by atoms with E-state index < -0.39 is 0 Å². The third kappa shape index (κ3) is 4.31. The summed E-state index contributed by atoms with van der Waals surface area (Å²) in [5.74, 6) is 1.77. The molecule has 1 N–H and O–H groups in total. The summed E-state index contributed by atoms with van der Waals surface area (Å²) in [5.41, 5.74) is 1.22. The number of fused-ring (bicyclic) bond motifs is 1. The number of Topliss-reactive ketones (excluding diaryl/α,β-unsaturated/α-hetero) is 1. The molecule has 1 amide bonds. The van der Waals surface area contributed by atoms with Crippen molar-refractivity contribution in [3.63, 3.8) is 0 Å². The van der Waals surface area contributed by atoms with E-state index in [2.05, 4.69) is 6.07 Å². The fraction of sp³-hybridized carbons (Fsp3) is 0.400. The molecule has 7 heteroatoms. The zero-order valence-corrected chi connectivity index (χ0v) is 15.9. The highest BCUT2D eigenvalue weighted by atomic mass is 32.1. The van der Waals surface area contributed by atoms with Crippen molar-refractivity contribution in [1.29, 1.82) is 0 Å². The summed E-state index contributed by atoms with van der Waals surface area (Å²) in [6, 6.07) is 9.76. The minimum Gasteiger partial charge on any atom is -0.454 e. The van der Waals surface area contributed by atoms with Crippen LogP contribution in [0.25, 0.3) is 0 Å². The van der Waals surface area contributed by atoms with Gasteiger partial charge in [0.05, 0.1) is 31.1 Å². The van der Waals surface area contributed by atoms with Gasteiger partial charge in [0.25, 0.3) is 0 Å². The van der Waals surface area contributed by atoms with Gasteiger partial charge in [-0.25, -0.2) is 0 Å². The van der Waals surface area contributed by atoms with Gasteiger partial charge in [0, 0.05) is 18.4 Å². The first-order valence-electron chi connectivity index (χ1n) is 9.25. The number of benzene rings is 1. The lowest BCUT2D eigenvalue weighted by Gasteiger charge is -2.32. The molecule has 0 bridgehead atoms. The Morgan fingerprint density at radius 2 is 1.89 bits per heavy atom. The minimum absolute atomic E-state index is 0.0606. The van der Waals surface area contributed by atoms with E-state index in [0.717, 1.165) is 49.1 Å². The summed E-state index contributed by atoms with van der Waals surface area (Å²) in [4.78, 5) is 28.5. The lowest BCUT2D eigenvalue weighted by Crippen LogP contribution is -3.13. The molecule has 0 radical (unpaired) electrons. The van der Waals surface area contributed by atoms with Crippen molar-refractivity contribution in [3.05, 3.63) is 46.2 Å². The van der Waals surface area contributed by atoms with Crippen LogP contribution in [0.15, 0.2) is 35.7 Å². The minimum atomic E-state index is 0.0606. The molecule has 1 saturated heterocycles. The number of amides is 1. The molecular formula is C20H23N2O4S+. The van der Waals surface area contributed by atoms with Crippen molar-refractivity contribution in [1.82, 2.24) is 4.90 Å². The average Bonchev–Trinajstić information content (AvgIpc) is 3.38. The zero-order valence-electron chi connectivity index (χ0n) is 15.1. The van der Waals surface area contributed by atoms with Gasteiger partial charge in [-0.05, 0) is 29.6 Å². The van der Waals surface area contributed by atoms with Gasteiger partial charge in [-0.2, -0.15) is 0 Å². The van der Waals surface area contributed by atoms with Crippen LogP contribution in [-0.2, 0) is 11.3 Å². The van der Waals surface area contributed by atoms with Crippen LogP contribution in [0.2, 0.25) is 0 Å². The molecule has 0 spiro atoms. The molecule has 0 aliphatic carbocycles. The Morgan fingerprint density at radius 3 is 2.67 bits per heavy atom. The first-order chi connectivity index (χ1) is 13.2. The topological polar surface area (TPSA) is 60.3 Å². The molecule has 0 atom stereocenters. The Morgan fingerprint density at radius 1 is 1.07 bits per heavy atom. The van der Waals surface area contributed by atoms with E-state index in [9.17, 15) is 9.59 Å². The van der Waals surface area contributed by atoms with Gasteiger partial charge in [0.15, 0.2) is 17.3 Å². The van der Waals surface area contributed by atoms with Crippen molar-refractivity contribution in [3.8, 4) is 11.5 Å². The number of rotatable bonds is 6. The van der Waals surface area contributed by atoms with Crippen LogP contribution in [0.4, 0.5) is 0 Å². The van der Waals surface area contributed by atoms with E-state index in [0.29, 0.717) is 19.6 Å². The van der Waals surface area contributed by atoms with Crippen molar-refractivity contribution in [2.24, 2.45) is 0 Å². The number of nitrogens with one attached hydrogen (secondary N) is 1. The number of quaternary nitrogens is 1. The number of piperazine rings is 1. The standard InChI is InChI=1S/C20H22N2O4S/c23-16(19-2-1-11-27-19)4-6-20(24)22-9-7-21(8-10-22)13-15-3-5-17-18(12-15)26-14-25-17/h1-3,5,11-12H,4,6-10,13-14H2/p+1. The Hall–Kier alpha value is -2.38. The van der Waals surface area contributed by atoms with Gasteiger partial charge in [-0.15, -0.1) is 11.3 Å². The van der Waals surface area contributed by atoms with Gasteiger partial charge in [-0.1, -0.05) is 6.07 Å². The van der Waals surface area contributed by atoms with Crippen LogP contribution in [0.1, 0.15) is 28.1 Å². The Balaban J connectivity index is 1.22.